The number of esters is 1. The van der Waals surface area contributed by atoms with E-state index in [9.17, 15) is 4.79 Å². The van der Waals surface area contributed by atoms with Gasteiger partial charge in [0.25, 0.3) is 0 Å². The molecule has 0 bridgehead atoms. The minimum atomic E-state index is -0.409. The van der Waals surface area contributed by atoms with Crippen molar-refractivity contribution in [1.82, 2.24) is 10.2 Å². The van der Waals surface area contributed by atoms with E-state index in [0.717, 1.165) is 31.6 Å². The van der Waals surface area contributed by atoms with Crippen LogP contribution in [-0.2, 0) is 4.74 Å². The third-order valence-electron chi connectivity index (χ3n) is 3.08. The van der Waals surface area contributed by atoms with Gasteiger partial charge in [0.05, 0.1) is 0 Å². The first-order valence-electron chi connectivity index (χ1n) is 5.85. The van der Waals surface area contributed by atoms with E-state index in [4.69, 9.17) is 16.3 Å². The van der Waals surface area contributed by atoms with Gasteiger partial charge in [-0.1, -0.05) is 18.5 Å². The molecule has 1 aliphatic carbocycles. The summed E-state index contributed by atoms with van der Waals surface area (Å²) in [5.74, 6) is 0.328. The Kier molecular flexibility index (Phi) is 3.94. The second kappa shape index (κ2) is 5.45. The SMILES string of the molecule is CC1CCC(OC(=O)c2ccc(Cl)nn2)CC1. The quantitative estimate of drug-likeness (QED) is 0.762. The zero-order chi connectivity index (χ0) is 12.3. The number of hydrogen-bond acceptors (Lipinski definition) is 4. The minimum absolute atomic E-state index is 0.0242. The van der Waals surface area contributed by atoms with Crippen molar-refractivity contribution in [2.75, 3.05) is 0 Å². The third kappa shape index (κ3) is 3.40. The number of carbonyl (C=O) groups is 1. The van der Waals surface area contributed by atoms with Crippen LogP contribution in [0.1, 0.15) is 43.1 Å². The lowest BCUT2D eigenvalue weighted by molar-refractivity contribution is 0.0166. The van der Waals surface area contributed by atoms with Crippen molar-refractivity contribution >= 4 is 17.6 Å². The molecule has 2 rings (SSSR count). The number of halogens is 1. The summed E-state index contributed by atoms with van der Waals surface area (Å²) < 4.78 is 5.38. The summed E-state index contributed by atoms with van der Waals surface area (Å²) in [6.45, 7) is 2.22. The summed E-state index contributed by atoms with van der Waals surface area (Å²) in [7, 11) is 0. The van der Waals surface area contributed by atoms with Crippen LogP contribution in [0.25, 0.3) is 0 Å². The predicted molar refractivity (Wildman–Crippen MR) is 63.9 cm³/mol. The maximum absolute atomic E-state index is 11.7. The van der Waals surface area contributed by atoms with Gasteiger partial charge in [0.1, 0.15) is 6.10 Å². The maximum atomic E-state index is 11.7. The van der Waals surface area contributed by atoms with Crippen molar-refractivity contribution in [3.8, 4) is 0 Å². The van der Waals surface area contributed by atoms with Crippen LogP contribution in [0.2, 0.25) is 5.15 Å². The zero-order valence-electron chi connectivity index (χ0n) is 9.73. The highest BCUT2D eigenvalue weighted by molar-refractivity contribution is 6.29. The van der Waals surface area contributed by atoms with Gasteiger partial charge in [-0.05, 0) is 43.7 Å². The molecule has 5 heteroatoms. The lowest BCUT2D eigenvalue weighted by Gasteiger charge is -2.25. The Bertz CT molecular complexity index is 386. The molecule has 1 aliphatic rings. The normalized spacial score (nSPS) is 24.4. The Labute approximate surface area is 105 Å². The summed E-state index contributed by atoms with van der Waals surface area (Å²) >= 11 is 5.60. The van der Waals surface area contributed by atoms with Crippen molar-refractivity contribution in [3.63, 3.8) is 0 Å². The Morgan fingerprint density at radius 3 is 2.59 bits per heavy atom. The van der Waals surface area contributed by atoms with Gasteiger partial charge < -0.3 is 4.74 Å². The van der Waals surface area contributed by atoms with E-state index < -0.39 is 5.97 Å². The van der Waals surface area contributed by atoms with Crippen LogP contribution in [-0.4, -0.2) is 22.3 Å². The standard InChI is InChI=1S/C12H15ClN2O2/c1-8-2-4-9(5-3-8)17-12(16)10-6-7-11(13)15-14-10/h6-9H,2-5H2,1H3. The van der Waals surface area contributed by atoms with Crippen molar-refractivity contribution < 1.29 is 9.53 Å². The van der Waals surface area contributed by atoms with Crippen LogP contribution in [0.4, 0.5) is 0 Å². The maximum Gasteiger partial charge on any atom is 0.359 e. The molecule has 0 radical (unpaired) electrons. The largest absolute Gasteiger partial charge is 0.458 e. The first-order valence-corrected chi connectivity index (χ1v) is 6.23. The van der Waals surface area contributed by atoms with Crippen molar-refractivity contribution in [3.05, 3.63) is 23.0 Å². The number of ether oxygens (including phenoxy) is 1. The summed E-state index contributed by atoms with van der Waals surface area (Å²) in [6, 6.07) is 3.07. The molecule has 0 N–H and O–H groups in total. The molecular formula is C12H15ClN2O2. The van der Waals surface area contributed by atoms with E-state index in [1.54, 1.807) is 0 Å². The Morgan fingerprint density at radius 1 is 1.29 bits per heavy atom. The van der Waals surface area contributed by atoms with Crippen LogP contribution >= 0.6 is 11.6 Å². The first kappa shape index (κ1) is 12.3. The van der Waals surface area contributed by atoms with Crippen LogP contribution in [0.15, 0.2) is 12.1 Å². The van der Waals surface area contributed by atoms with Gasteiger partial charge in [0.2, 0.25) is 0 Å². The van der Waals surface area contributed by atoms with E-state index >= 15 is 0 Å². The summed E-state index contributed by atoms with van der Waals surface area (Å²) in [4.78, 5) is 11.7. The number of rotatable bonds is 2. The smallest absolute Gasteiger partial charge is 0.359 e. The van der Waals surface area contributed by atoms with Gasteiger partial charge in [-0.2, -0.15) is 0 Å². The van der Waals surface area contributed by atoms with Gasteiger partial charge in [-0.15, -0.1) is 10.2 Å². The second-order valence-corrected chi connectivity index (χ2v) is 4.92. The number of hydrogen-bond donors (Lipinski definition) is 0. The molecule has 0 unspecified atom stereocenters. The van der Waals surface area contributed by atoms with E-state index in [-0.39, 0.29) is 17.0 Å². The molecule has 0 atom stereocenters. The number of carbonyl (C=O) groups excluding carboxylic acids is 1. The Hall–Kier alpha value is -1.16. The molecule has 0 aromatic carbocycles. The van der Waals surface area contributed by atoms with Crippen molar-refractivity contribution in [1.29, 1.82) is 0 Å². The fourth-order valence-corrected chi connectivity index (χ4v) is 2.08. The molecular weight excluding hydrogens is 240 g/mol. The summed E-state index contributed by atoms with van der Waals surface area (Å²) in [6.07, 6.45) is 4.13. The van der Waals surface area contributed by atoms with Gasteiger partial charge in [-0.25, -0.2) is 4.79 Å². The third-order valence-corrected chi connectivity index (χ3v) is 3.28. The summed E-state index contributed by atoms with van der Waals surface area (Å²) in [5, 5.41) is 7.59. The minimum Gasteiger partial charge on any atom is -0.458 e. The van der Waals surface area contributed by atoms with Gasteiger partial charge in [0, 0.05) is 0 Å². The topological polar surface area (TPSA) is 52.1 Å². The molecule has 4 nitrogen and oxygen atoms in total. The zero-order valence-corrected chi connectivity index (χ0v) is 10.5. The van der Waals surface area contributed by atoms with Crippen LogP contribution in [0.5, 0.6) is 0 Å². The van der Waals surface area contributed by atoms with E-state index in [1.807, 2.05) is 0 Å². The monoisotopic (exact) mass is 254 g/mol. The molecule has 1 aromatic rings. The highest BCUT2D eigenvalue weighted by Crippen LogP contribution is 2.26. The summed E-state index contributed by atoms with van der Waals surface area (Å²) in [5.41, 5.74) is 0.216. The van der Waals surface area contributed by atoms with E-state index in [0.29, 0.717) is 0 Å². The van der Waals surface area contributed by atoms with Gasteiger partial charge in [-0.3, -0.25) is 0 Å². The lowest BCUT2D eigenvalue weighted by atomic mass is 9.89. The highest BCUT2D eigenvalue weighted by Gasteiger charge is 2.22. The highest BCUT2D eigenvalue weighted by atomic mass is 35.5. The van der Waals surface area contributed by atoms with Gasteiger partial charge in [0.15, 0.2) is 10.8 Å². The van der Waals surface area contributed by atoms with Crippen molar-refractivity contribution in [2.45, 2.75) is 38.7 Å². The molecule has 0 saturated heterocycles. The first-order chi connectivity index (χ1) is 8.15. The molecule has 0 amide bonds. The fraction of sp³-hybridized carbons (Fsp3) is 0.583. The Balaban J connectivity index is 1.91. The van der Waals surface area contributed by atoms with Gasteiger partial charge >= 0.3 is 5.97 Å². The Morgan fingerprint density at radius 2 is 2.00 bits per heavy atom. The molecule has 1 saturated carbocycles. The molecule has 1 fully saturated rings. The molecule has 0 aliphatic heterocycles. The van der Waals surface area contributed by atoms with E-state index in [1.165, 1.54) is 12.1 Å². The molecule has 0 spiro atoms. The predicted octanol–water partition coefficient (Wildman–Crippen LogP) is 2.87. The molecule has 1 aromatic heterocycles. The molecule has 1 heterocycles. The fourth-order valence-electron chi connectivity index (χ4n) is 1.98. The average Bonchev–Trinajstić information content (AvgIpc) is 2.33. The molecule has 17 heavy (non-hydrogen) atoms. The van der Waals surface area contributed by atoms with Crippen molar-refractivity contribution in [2.24, 2.45) is 5.92 Å². The lowest BCUT2D eigenvalue weighted by Crippen LogP contribution is -2.24. The van der Waals surface area contributed by atoms with Crippen LogP contribution in [0.3, 0.4) is 0 Å². The number of aromatic nitrogens is 2. The van der Waals surface area contributed by atoms with Crippen LogP contribution < -0.4 is 0 Å². The average molecular weight is 255 g/mol. The van der Waals surface area contributed by atoms with Crippen LogP contribution in [0, 0.1) is 5.92 Å². The second-order valence-electron chi connectivity index (χ2n) is 4.53. The number of nitrogens with zero attached hydrogens (tertiary/aromatic N) is 2. The molecule has 92 valence electrons. The van der Waals surface area contributed by atoms with E-state index in [2.05, 4.69) is 17.1 Å².